The molecule has 0 spiro atoms. The Kier molecular flexibility index (Phi) is 4.12. The summed E-state index contributed by atoms with van der Waals surface area (Å²) in [5.41, 5.74) is 5.37. The van der Waals surface area contributed by atoms with E-state index in [0.29, 0.717) is 4.88 Å². The van der Waals surface area contributed by atoms with Crippen molar-refractivity contribution >= 4 is 11.3 Å². The zero-order valence-electron chi connectivity index (χ0n) is 8.12. The summed E-state index contributed by atoms with van der Waals surface area (Å²) in [5, 5.41) is 1.78. The molecule has 0 radical (unpaired) electrons. The van der Waals surface area contributed by atoms with Crippen LogP contribution in [-0.2, 0) is 4.74 Å². The van der Waals surface area contributed by atoms with Gasteiger partial charge in [0.05, 0.1) is 0 Å². The van der Waals surface area contributed by atoms with Gasteiger partial charge < -0.3 is 10.5 Å². The third kappa shape index (κ3) is 3.48. The summed E-state index contributed by atoms with van der Waals surface area (Å²) in [6.07, 6.45) is -6.82. The van der Waals surface area contributed by atoms with Gasteiger partial charge in [0.15, 0.2) is 6.10 Å². The van der Waals surface area contributed by atoms with E-state index in [-0.39, 0.29) is 6.54 Å². The largest absolute Gasteiger partial charge is 0.414 e. The molecular weight excluding hydrogens is 227 g/mol. The van der Waals surface area contributed by atoms with Crippen molar-refractivity contribution in [1.29, 1.82) is 0 Å². The molecule has 2 nitrogen and oxygen atoms in total. The first-order valence-corrected chi connectivity index (χ1v) is 5.28. The molecule has 2 atom stereocenters. The van der Waals surface area contributed by atoms with Crippen LogP contribution in [0.4, 0.5) is 13.2 Å². The molecule has 15 heavy (non-hydrogen) atoms. The second kappa shape index (κ2) is 4.96. The number of hydrogen-bond donors (Lipinski definition) is 1. The average Bonchev–Trinajstić information content (AvgIpc) is 2.64. The number of hydrogen-bond acceptors (Lipinski definition) is 3. The Morgan fingerprint density at radius 3 is 2.60 bits per heavy atom. The molecule has 86 valence electrons. The zero-order valence-corrected chi connectivity index (χ0v) is 8.94. The molecule has 0 aliphatic heterocycles. The summed E-state index contributed by atoms with van der Waals surface area (Å²) >= 11 is 1.34. The zero-order chi connectivity index (χ0) is 11.5. The third-order valence-corrected chi connectivity index (χ3v) is 2.87. The monoisotopic (exact) mass is 239 g/mol. The minimum absolute atomic E-state index is 0.0426. The lowest BCUT2D eigenvalue weighted by molar-refractivity contribution is -0.226. The van der Waals surface area contributed by atoms with Crippen LogP contribution in [-0.4, -0.2) is 18.8 Å². The molecule has 0 saturated heterocycles. The predicted octanol–water partition coefficient (Wildman–Crippen LogP) is 2.72. The van der Waals surface area contributed by atoms with E-state index in [1.807, 2.05) is 0 Å². The Bertz CT molecular complexity index is 286. The third-order valence-electron chi connectivity index (χ3n) is 1.90. The summed E-state index contributed by atoms with van der Waals surface area (Å²) in [6.45, 7) is 1.02. The Morgan fingerprint density at radius 2 is 2.20 bits per heavy atom. The summed E-state index contributed by atoms with van der Waals surface area (Å²) in [5.74, 6) is 0. The van der Waals surface area contributed by atoms with Crippen LogP contribution in [0.5, 0.6) is 0 Å². The number of thiophene rings is 1. The van der Waals surface area contributed by atoms with Crippen LogP contribution in [0.25, 0.3) is 0 Å². The van der Waals surface area contributed by atoms with Crippen LogP contribution >= 0.6 is 11.3 Å². The molecule has 1 aromatic heterocycles. The van der Waals surface area contributed by atoms with Crippen LogP contribution < -0.4 is 5.73 Å². The maximum atomic E-state index is 12.2. The van der Waals surface area contributed by atoms with E-state index in [2.05, 4.69) is 0 Å². The summed E-state index contributed by atoms with van der Waals surface area (Å²) in [6, 6.07) is 3.47. The number of nitrogens with two attached hydrogens (primary N) is 1. The van der Waals surface area contributed by atoms with Gasteiger partial charge in [0.25, 0.3) is 0 Å². The molecule has 1 heterocycles. The molecule has 6 heteroatoms. The van der Waals surface area contributed by atoms with E-state index >= 15 is 0 Å². The number of rotatable bonds is 4. The molecular formula is C9H12F3NOS. The van der Waals surface area contributed by atoms with Crippen molar-refractivity contribution in [3.05, 3.63) is 22.4 Å². The van der Waals surface area contributed by atoms with Crippen molar-refractivity contribution in [1.82, 2.24) is 0 Å². The first kappa shape index (κ1) is 12.5. The van der Waals surface area contributed by atoms with E-state index in [0.717, 1.165) is 6.92 Å². The lowest BCUT2D eigenvalue weighted by Gasteiger charge is -2.22. The minimum Gasteiger partial charge on any atom is -0.359 e. The Morgan fingerprint density at radius 1 is 1.53 bits per heavy atom. The topological polar surface area (TPSA) is 35.2 Å². The molecule has 0 fully saturated rings. The minimum atomic E-state index is -4.34. The van der Waals surface area contributed by atoms with Gasteiger partial charge in [-0.15, -0.1) is 11.3 Å². The van der Waals surface area contributed by atoms with Crippen LogP contribution in [0.15, 0.2) is 17.5 Å². The van der Waals surface area contributed by atoms with Gasteiger partial charge in [-0.25, -0.2) is 0 Å². The average molecular weight is 239 g/mol. The van der Waals surface area contributed by atoms with Gasteiger partial charge in [-0.3, -0.25) is 0 Å². The van der Waals surface area contributed by atoms with Gasteiger partial charge in [-0.05, 0) is 18.4 Å². The quantitative estimate of drug-likeness (QED) is 0.876. The predicted molar refractivity (Wildman–Crippen MR) is 52.7 cm³/mol. The first-order valence-electron chi connectivity index (χ1n) is 4.40. The summed E-state index contributed by atoms with van der Waals surface area (Å²) < 4.78 is 41.5. The van der Waals surface area contributed by atoms with Gasteiger partial charge >= 0.3 is 6.18 Å². The highest BCUT2D eigenvalue weighted by Crippen LogP contribution is 2.29. The molecule has 1 aromatic rings. The fraction of sp³-hybridized carbons (Fsp3) is 0.556. The molecule has 0 saturated carbocycles. The van der Waals surface area contributed by atoms with Crippen molar-refractivity contribution in [3.63, 3.8) is 0 Å². The Labute approximate surface area is 89.8 Å². The molecule has 0 aromatic carbocycles. The highest BCUT2D eigenvalue weighted by atomic mass is 32.1. The second-order valence-electron chi connectivity index (χ2n) is 3.06. The van der Waals surface area contributed by atoms with Gasteiger partial charge in [0, 0.05) is 11.4 Å². The number of ether oxygens (including phenoxy) is 1. The second-order valence-corrected chi connectivity index (χ2v) is 4.04. The standard InChI is InChI=1S/C9H12F3NOS/c1-6(9(10,11)12)14-7(5-13)8-3-2-4-15-8/h2-4,6-7H,5,13H2,1H3. The fourth-order valence-electron chi connectivity index (χ4n) is 1.04. The fourth-order valence-corrected chi connectivity index (χ4v) is 1.81. The molecule has 1 rings (SSSR count). The van der Waals surface area contributed by atoms with Gasteiger partial charge in [-0.2, -0.15) is 13.2 Å². The van der Waals surface area contributed by atoms with Crippen LogP contribution in [0.1, 0.15) is 17.9 Å². The van der Waals surface area contributed by atoms with Gasteiger partial charge in [0.1, 0.15) is 6.10 Å². The van der Waals surface area contributed by atoms with Crippen molar-refractivity contribution in [3.8, 4) is 0 Å². The smallest absolute Gasteiger partial charge is 0.359 e. The Balaban J connectivity index is 2.63. The van der Waals surface area contributed by atoms with E-state index in [4.69, 9.17) is 10.5 Å². The number of alkyl halides is 3. The SMILES string of the molecule is CC(OC(CN)c1cccs1)C(F)(F)F. The number of halogens is 3. The first-order chi connectivity index (χ1) is 6.95. The van der Waals surface area contributed by atoms with Crippen LogP contribution in [0, 0.1) is 0 Å². The van der Waals surface area contributed by atoms with Crippen LogP contribution in [0.3, 0.4) is 0 Å². The van der Waals surface area contributed by atoms with Crippen molar-refractivity contribution in [2.75, 3.05) is 6.54 Å². The molecule has 0 bridgehead atoms. The highest BCUT2D eigenvalue weighted by molar-refractivity contribution is 7.10. The summed E-state index contributed by atoms with van der Waals surface area (Å²) in [7, 11) is 0. The van der Waals surface area contributed by atoms with Crippen molar-refractivity contribution < 1.29 is 17.9 Å². The summed E-state index contributed by atoms with van der Waals surface area (Å²) in [4.78, 5) is 0.716. The van der Waals surface area contributed by atoms with E-state index in [9.17, 15) is 13.2 Å². The van der Waals surface area contributed by atoms with Crippen molar-refractivity contribution in [2.24, 2.45) is 5.73 Å². The molecule has 0 amide bonds. The van der Waals surface area contributed by atoms with E-state index in [1.165, 1.54) is 11.3 Å². The maximum absolute atomic E-state index is 12.2. The van der Waals surface area contributed by atoms with Crippen molar-refractivity contribution in [2.45, 2.75) is 25.3 Å². The molecule has 2 N–H and O–H groups in total. The molecule has 0 aliphatic carbocycles. The van der Waals surface area contributed by atoms with E-state index in [1.54, 1.807) is 17.5 Å². The van der Waals surface area contributed by atoms with Gasteiger partial charge in [0.2, 0.25) is 0 Å². The lowest BCUT2D eigenvalue weighted by atomic mass is 10.3. The molecule has 0 aliphatic rings. The molecule has 2 unspecified atom stereocenters. The Hall–Kier alpha value is -0.590. The lowest BCUT2D eigenvalue weighted by Crippen LogP contribution is -2.31. The maximum Gasteiger partial charge on any atom is 0.414 e. The van der Waals surface area contributed by atoms with E-state index < -0.39 is 18.4 Å². The van der Waals surface area contributed by atoms with Gasteiger partial charge in [-0.1, -0.05) is 6.07 Å². The van der Waals surface area contributed by atoms with Crippen LogP contribution in [0.2, 0.25) is 0 Å². The normalized spacial score (nSPS) is 16.3. The highest BCUT2D eigenvalue weighted by Gasteiger charge is 2.38.